The number of aromatic nitrogens is 3. The molecule has 0 atom stereocenters. The summed E-state index contributed by atoms with van der Waals surface area (Å²) in [5, 5.41) is 8.10. The molecule has 0 aromatic carbocycles. The highest BCUT2D eigenvalue weighted by atomic mass is 35.5. The van der Waals surface area contributed by atoms with Gasteiger partial charge in [-0.05, 0) is 13.1 Å². The van der Waals surface area contributed by atoms with Crippen LogP contribution in [-0.4, -0.2) is 21.8 Å². The normalized spacial score (nSPS) is 9.79. The van der Waals surface area contributed by atoms with Gasteiger partial charge in [-0.2, -0.15) is 5.10 Å². The van der Waals surface area contributed by atoms with Gasteiger partial charge in [0.15, 0.2) is 0 Å². The summed E-state index contributed by atoms with van der Waals surface area (Å²) in [6, 6.07) is 1.89. The lowest BCUT2D eigenvalue weighted by atomic mass is 10.5. The summed E-state index contributed by atoms with van der Waals surface area (Å²) in [7, 11) is 1.92. The van der Waals surface area contributed by atoms with E-state index < -0.39 is 0 Å². The second kappa shape index (κ2) is 5.09. The zero-order chi connectivity index (χ0) is 9.10. The first kappa shape index (κ1) is 11.2. The Kier molecular flexibility index (Phi) is 4.06. The lowest BCUT2D eigenvalue weighted by Crippen LogP contribution is -2.02. The number of hydrogen-bond acceptors (Lipinski definition) is 4. The van der Waals surface area contributed by atoms with Crippen LogP contribution < -0.4 is 5.32 Å². The third kappa shape index (κ3) is 2.31. The van der Waals surface area contributed by atoms with Gasteiger partial charge in [-0.3, -0.25) is 0 Å². The van der Waals surface area contributed by atoms with Crippen LogP contribution in [-0.2, 0) is 6.54 Å². The van der Waals surface area contributed by atoms with Gasteiger partial charge in [0.05, 0.1) is 0 Å². The zero-order valence-electron chi connectivity index (χ0n) is 7.67. The van der Waals surface area contributed by atoms with Crippen LogP contribution in [0, 0.1) is 0 Å². The predicted molar refractivity (Wildman–Crippen MR) is 59.2 cm³/mol. The molecule has 0 radical (unpaired) electrons. The summed E-state index contributed by atoms with van der Waals surface area (Å²) < 4.78 is 1.77. The van der Waals surface area contributed by atoms with E-state index in [0.29, 0.717) is 0 Å². The molecule has 0 saturated heterocycles. The number of thiazole rings is 1. The van der Waals surface area contributed by atoms with E-state index in [-0.39, 0.29) is 12.4 Å². The lowest BCUT2D eigenvalue weighted by molar-refractivity contribution is 0.828. The van der Waals surface area contributed by atoms with Crippen molar-refractivity contribution in [2.45, 2.75) is 6.54 Å². The van der Waals surface area contributed by atoms with Crippen LogP contribution in [0.15, 0.2) is 24.7 Å². The van der Waals surface area contributed by atoms with E-state index in [2.05, 4.69) is 15.4 Å². The number of hydrogen-bond donors (Lipinski definition) is 1. The maximum Gasteiger partial charge on any atom is 0.210 e. The quantitative estimate of drug-likeness (QED) is 0.869. The SMILES string of the molecule is CNCc1cnc(-n2cccn2)s1.Cl. The molecule has 14 heavy (non-hydrogen) atoms. The smallest absolute Gasteiger partial charge is 0.210 e. The molecule has 0 aliphatic rings. The average Bonchev–Trinajstić information content (AvgIpc) is 2.70. The molecule has 0 fully saturated rings. The first-order valence-corrected chi connectivity index (χ1v) is 4.81. The molecule has 0 bridgehead atoms. The van der Waals surface area contributed by atoms with Crippen LogP contribution in [0.5, 0.6) is 0 Å². The van der Waals surface area contributed by atoms with Crippen LogP contribution in [0.1, 0.15) is 4.88 Å². The molecule has 0 unspecified atom stereocenters. The predicted octanol–water partition coefficient (Wildman–Crippen LogP) is 1.47. The molecule has 4 nitrogen and oxygen atoms in total. The van der Waals surface area contributed by atoms with Crippen LogP contribution in [0.2, 0.25) is 0 Å². The van der Waals surface area contributed by atoms with Crippen molar-refractivity contribution in [1.29, 1.82) is 0 Å². The van der Waals surface area contributed by atoms with E-state index in [9.17, 15) is 0 Å². The van der Waals surface area contributed by atoms with Crippen molar-refractivity contribution < 1.29 is 0 Å². The van der Waals surface area contributed by atoms with E-state index in [4.69, 9.17) is 0 Å². The molecule has 2 aromatic rings. The van der Waals surface area contributed by atoms with Gasteiger partial charge in [0.1, 0.15) is 0 Å². The van der Waals surface area contributed by atoms with Crippen molar-refractivity contribution in [3.8, 4) is 5.13 Å². The summed E-state index contributed by atoms with van der Waals surface area (Å²) in [4.78, 5) is 5.47. The molecule has 2 aromatic heterocycles. The van der Waals surface area contributed by atoms with Gasteiger partial charge < -0.3 is 5.32 Å². The van der Waals surface area contributed by atoms with Crippen molar-refractivity contribution in [3.05, 3.63) is 29.5 Å². The topological polar surface area (TPSA) is 42.7 Å². The van der Waals surface area contributed by atoms with Crippen molar-refractivity contribution in [2.24, 2.45) is 0 Å². The fourth-order valence-corrected chi connectivity index (χ4v) is 1.90. The Balaban J connectivity index is 0.000000980. The molecule has 2 rings (SSSR count). The number of rotatable bonds is 3. The number of nitrogens with one attached hydrogen (secondary N) is 1. The van der Waals surface area contributed by atoms with Crippen LogP contribution >= 0.6 is 23.7 Å². The monoisotopic (exact) mass is 230 g/mol. The first-order chi connectivity index (χ1) is 6.40. The summed E-state index contributed by atoms with van der Waals surface area (Å²) in [6.45, 7) is 0.860. The highest BCUT2D eigenvalue weighted by Gasteiger charge is 2.02. The van der Waals surface area contributed by atoms with Crippen molar-refractivity contribution >= 4 is 23.7 Å². The zero-order valence-corrected chi connectivity index (χ0v) is 9.31. The van der Waals surface area contributed by atoms with E-state index >= 15 is 0 Å². The number of halogens is 1. The second-order valence-corrected chi connectivity index (χ2v) is 3.68. The van der Waals surface area contributed by atoms with Crippen molar-refractivity contribution in [3.63, 3.8) is 0 Å². The highest BCUT2D eigenvalue weighted by Crippen LogP contribution is 2.15. The van der Waals surface area contributed by atoms with E-state index in [1.807, 2.05) is 25.5 Å². The number of nitrogens with zero attached hydrogens (tertiary/aromatic N) is 3. The Morgan fingerprint density at radius 1 is 1.57 bits per heavy atom. The molecule has 2 heterocycles. The van der Waals surface area contributed by atoms with Gasteiger partial charge in [-0.15, -0.1) is 12.4 Å². The molecule has 1 N–H and O–H groups in total. The largest absolute Gasteiger partial charge is 0.315 e. The maximum atomic E-state index is 4.26. The molecule has 76 valence electrons. The summed E-state index contributed by atoms with van der Waals surface area (Å²) >= 11 is 1.64. The molecule has 6 heteroatoms. The Morgan fingerprint density at radius 3 is 3.07 bits per heavy atom. The average molecular weight is 231 g/mol. The van der Waals surface area contributed by atoms with E-state index in [0.717, 1.165) is 11.7 Å². The fourth-order valence-electron chi connectivity index (χ4n) is 1.04. The Bertz CT molecular complexity index is 370. The molecule has 0 aliphatic carbocycles. The second-order valence-electron chi connectivity index (χ2n) is 2.59. The maximum absolute atomic E-state index is 4.26. The minimum absolute atomic E-state index is 0. The Labute approximate surface area is 92.4 Å². The molecular weight excluding hydrogens is 220 g/mol. The van der Waals surface area contributed by atoms with Gasteiger partial charge in [0, 0.05) is 30.0 Å². The first-order valence-electron chi connectivity index (χ1n) is 3.99. The van der Waals surface area contributed by atoms with Crippen LogP contribution in [0.4, 0.5) is 0 Å². The minimum atomic E-state index is 0. The Hall–Kier alpha value is -0.910. The lowest BCUT2D eigenvalue weighted by Gasteiger charge is -1.92. The highest BCUT2D eigenvalue weighted by molar-refractivity contribution is 7.14. The molecule has 0 aliphatic heterocycles. The van der Waals surface area contributed by atoms with Crippen molar-refractivity contribution in [2.75, 3.05) is 7.05 Å². The molecule has 0 amide bonds. The van der Waals surface area contributed by atoms with Crippen molar-refractivity contribution in [1.82, 2.24) is 20.1 Å². The summed E-state index contributed by atoms with van der Waals surface area (Å²) in [5.74, 6) is 0. The third-order valence-electron chi connectivity index (χ3n) is 1.59. The van der Waals surface area contributed by atoms with Crippen LogP contribution in [0.3, 0.4) is 0 Å². The van der Waals surface area contributed by atoms with Gasteiger partial charge in [0.25, 0.3) is 0 Å². The van der Waals surface area contributed by atoms with Gasteiger partial charge in [-0.1, -0.05) is 11.3 Å². The fraction of sp³-hybridized carbons (Fsp3) is 0.250. The molecular formula is C8H11ClN4S. The molecule has 0 saturated carbocycles. The summed E-state index contributed by atoms with van der Waals surface area (Å²) in [5.41, 5.74) is 0. The minimum Gasteiger partial charge on any atom is -0.315 e. The summed E-state index contributed by atoms with van der Waals surface area (Å²) in [6.07, 6.45) is 5.51. The Morgan fingerprint density at radius 2 is 2.43 bits per heavy atom. The molecule has 0 spiro atoms. The standard InChI is InChI=1S/C8H10N4S.ClH/c1-9-5-7-6-10-8(13-7)12-4-2-3-11-12;/h2-4,6,9H,5H2,1H3;1H. The van der Waals surface area contributed by atoms with E-state index in [1.54, 1.807) is 22.2 Å². The third-order valence-corrected chi connectivity index (χ3v) is 2.58. The van der Waals surface area contributed by atoms with Gasteiger partial charge in [0.2, 0.25) is 5.13 Å². The van der Waals surface area contributed by atoms with Gasteiger partial charge in [-0.25, -0.2) is 9.67 Å². The van der Waals surface area contributed by atoms with E-state index in [1.165, 1.54) is 4.88 Å². The van der Waals surface area contributed by atoms with Crippen LogP contribution in [0.25, 0.3) is 5.13 Å². The van der Waals surface area contributed by atoms with Gasteiger partial charge >= 0.3 is 0 Å².